The maximum Gasteiger partial charge on any atom is 0.261 e. The summed E-state index contributed by atoms with van der Waals surface area (Å²) in [7, 11) is -3.69. The molecule has 0 aliphatic heterocycles. The van der Waals surface area contributed by atoms with E-state index in [2.05, 4.69) is 10.0 Å². The number of rotatable bonds is 6. The molecule has 28 heavy (non-hydrogen) atoms. The van der Waals surface area contributed by atoms with Crippen molar-refractivity contribution in [2.75, 3.05) is 4.72 Å². The van der Waals surface area contributed by atoms with Crippen LogP contribution in [0, 0.1) is 5.82 Å². The molecular formula is C21H19FN2O3S. The van der Waals surface area contributed by atoms with Gasteiger partial charge in [-0.3, -0.25) is 9.52 Å². The van der Waals surface area contributed by atoms with Crippen molar-refractivity contribution >= 4 is 21.6 Å². The highest BCUT2D eigenvalue weighted by Crippen LogP contribution is 2.18. The zero-order valence-electron chi connectivity index (χ0n) is 15.1. The third-order valence-electron chi connectivity index (χ3n) is 4.17. The lowest BCUT2D eigenvalue weighted by atomic mass is 10.1. The Bertz CT molecular complexity index is 1050. The second-order valence-corrected chi connectivity index (χ2v) is 7.93. The van der Waals surface area contributed by atoms with Gasteiger partial charge in [0.15, 0.2) is 0 Å². The van der Waals surface area contributed by atoms with Gasteiger partial charge in [0.1, 0.15) is 5.82 Å². The molecule has 0 aliphatic carbocycles. The van der Waals surface area contributed by atoms with Crippen LogP contribution < -0.4 is 10.0 Å². The average molecular weight is 398 g/mol. The highest BCUT2D eigenvalue weighted by atomic mass is 32.2. The Labute approximate surface area is 163 Å². The molecule has 0 spiro atoms. The summed E-state index contributed by atoms with van der Waals surface area (Å²) in [5.74, 6) is -0.648. The second-order valence-electron chi connectivity index (χ2n) is 6.24. The number of carbonyl (C=O) groups excluding carboxylic acids is 1. The molecule has 3 aromatic carbocycles. The number of hydrogen-bond donors (Lipinski definition) is 2. The van der Waals surface area contributed by atoms with E-state index in [1.165, 1.54) is 48.5 Å². The maximum absolute atomic E-state index is 13.0. The molecule has 0 bridgehead atoms. The van der Waals surface area contributed by atoms with Crippen LogP contribution in [0.3, 0.4) is 0 Å². The average Bonchev–Trinajstić information content (AvgIpc) is 2.69. The summed E-state index contributed by atoms with van der Waals surface area (Å²) in [4.78, 5) is 12.5. The predicted octanol–water partition coefficient (Wildman–Crippen LogP) is 4.12. The number of benzene rings is 3. The molecule has 2 N–H and O–H groups in total. The number of sulfonamides is 1. The summed E-state index contributed by atoms with van der Waals surface area (Å²) in [6.07, 6.45) is 0. The molecular weight excluding hydrogens is 379 g/mol. The van der Waals surface area contributed by atoms with Crippen molar-refractivity contribution in [1.29, 1.82) is 0 Å². The molecule has 0 saturated heterocycles. The van der Waals surface area contributed by atoms with Crippen molar-refractivity contribution in [1.82, 2.24) is 5.32 Å². The van der Waals surface area contributed by atoms with Crippen molar-refractivity contribution in [2.24, 2.45) is 0 Å². The first-order valence-corrected chi connectivity index (χ1v) is 10.1. The first-order chi connectivity index (χ1) is 13.3. The normalized spacial score (nSPS) is 12.2. The number of amides is 1. The van der Waals surface area contributed by atoms with Crippen LogP contribution in [-0.2, 0) is 10.0 Å². The van der Waals surface area contributed by atoms with E-state index in [0.717, 1.165) is 5.56 Å². The Morgan fingerprint density at radius 3 is 2.11 bits per heavy atom. The van der Waals surface area contributed by atoms with Crippen LogP contribution in [-0.4, -0.2) is 14.3 Å². The Kier molecular flexibility index (Phi) is 5.75. The molecule has 0 radical (unpaired) electrons. The minimum atomic E-state index is -3.69. The molecule has 144 valence electrons. The van der Waals surface area contributed by atoms with Crippen molar-refractivity contribution < 1.29 is 17.6 Å². The largest absolute Gasteiger partial charge is 0.346 e. The lowest BCUT2D eigenvalue weighted by Gasteiger charge is -2.15. The van der Waals surface area contributed by atoms with Crippen LogP contribution in [0.4, 0.5) is 10.1 Å². The van der Waals surface area contributed by atoms with Crippen LogP contribution in [0.2, 0.25) is 0 Å². The second kappa shape index (κ2) is 8.22. The van der Waals surface area contributed by atoms with Crippen LogP contribution in [0.1, 0.15) is 28.9 Å². The van der Waals surface area contributed by atoms with Gasteiger partial charge in [-0.1, -0.05) is 30.3 Å². The Hall–Kier alpha value is -3.19. The maximum atomic E-state index is 13.0. The minimum absolute atomic E-state index is 0.157. The summed E-state index contributed by atoms with van der Waals surface area (Å²) < 4.78 is 40.1. The van der Waals surface area contributed by atoms with Crippen LogP contribution in [0.5, 0.6) is 0 Å². The monoisotopic (exact) mass is 398 g/mol. The molecule has 0 heterocycles. The van der Waals surface area contributed by atoms with Crippen LogP contribution in [0.15, 0.2) is 83.8 Å². The molecule has 5 nitrogen and oxygen atoms in total. The smallest absolute Gasteiger partial charge is 0.261 e. The van der Waals surface area contributed by atoms with Crippen molar-refractivity contribution in [3.05, 3.63) is 95.8 Å². The Morgan fingerprint density at radius 2 is 1.50 bits per heavy atom. The number of carbonyl (C=O) groups is 1. The summed E-state index contributed by atoms with van der Waals surface area (Å²) in [6, 6.07) is 19.8. The van der Waals surface area contributed by atoms with Crippen LogP contribution >= 0.6 is 0 Å². The van der Waals surface area contributed by atoms with E-state index >= 15 is 0 Å². The van der Waals surface area contributed by atoms with Gasteiger partial charge in [-0.15, -0.1) is 0 Å². The highest BCUT2D eigenvalue weighted by molar-refractivity contribution is 7.92. The SMILES string of the molecule is C[C@@H](NC(=O)c1ccc(NS(=O)(=O)c2ccccc2)cc1)c1ccc(F)cc1. The Balaban J connectivity index is 1.66. The van der Waals surface area contributed by atoms with Gasteiger partial charge in [0.05, 0.1) is 10.9 Å². The zero-order chi connectivity index (χ0) is 20.1. The lowest BCUT2D eigenvalue weighted by molar-refractivity contribution is 0.0940. The number of anilines is 1. The first-order valence-electron chi connectivity index (χ1n) is 8.59. The molecule has 0 saturated carbocycles. The van der Waals surface area contributed by atoms with Crippen LogP contribution in [0.25, 0.3) is 0 Å². The molecule has 3 rings (SSSR count). The highest BCUT2D eigenvalue weighted by Gasteiger charge is 2.15. The molecule has 7 heteroatoms. The van der Waals surface area contributed by atoms with Gasteiger partial charge in [0.2, 0.25) is 0 Å². The molecule has 1 atom stereocenters. The van der Waals surface area contributed by atoms with Gasteiger partial charge in [-0.2, -0.15) is 0 Å². The van der Waals surface area contributed by atoms with E-state index in [1.807, 2.05) is 0 Å². The van der Waals surface area contributed by atoms with Gasteiger partial charge in [0.25, 0.3) is 15.9 Å². The van der Waals surface area contributed by atoms with Crippen molar-refractivity contribution in [3.8, 4) is 0 Å². The fourth-order valence-corrected chi connectivity index (χ4v) is 3.70. The van der Waals surface area contributed by atoms with Crippen molar-refractivity contribution in [3.63, 3.8) is 0 Å². The topological polar surface area (TPSA) is 75.3 Å². The summed E-state index contributed by atoms with van der Waals surface area (Å²) in [5.41, 5.74) is 1.52. The van der Waals surface area contributed by atoms with Gasteiger partial charge in [-0.25, -0.2) is 12.8 Å². The van der Waals surface area contributed by atoms with E-state index in [-0.39, 0.29) is 22.7 Å². The summed E-state index contributed by atoms with van der Waals surface area (Å²) >= 11 is 0. The molecule has 0 aromatic heterocycles. The van der Waals surface area contributed by atoms with Gasteiger partial charge in [0, 0.05) is 11.3 Å². The molecule has 1 amide bonds. The summed E-state index contributed by atoms with van der Waals surface area (Å²) in [5, 5.41) is 2.83. The summed E-state index contributed by atoms with van der Waals surface area (Å²) in [6.45, 7) is 1.80. The zero-order valence-corrected chi connectivity index (χ0v) is 15.9. The third-order valence-corrected chi connectivity index (χ3v) is 5.57. The van der Waals surface area contributed by atoms with Crippen molar-refractivity contribution in [2.45, 2.75) is 17.9 Å². The van der Waals surface area contributed by atoms with E-state index in [4.69, 9.17) is 0 Å². The molecule has 0 unspecified atom stereocenters. The quantitative estimate of drug-likeness (QED) is 0.656. The number of halogens is 1. The number of nitrogens with one attached hydrogen (secondary N) is 2. The minimum Gasteiger partial charge on any atom is -0.346 e. The standard InChI is InChI=1S/C21H19FN2O3S/c1-15(16-7-11-18(22)12-8-16)23-21(25)17-9-13-19(14-10-17)24-28(26,27)20-5-3-2-4-6-20/h2-15,24H,1H3,(H,23,25)/t15-/m1/s1. The first kappa shape index (κ1) is 19.6. The fourth-order valence-electron chi connectivity index (χ4n) is 2.62. The molecule has 0 aliphatic rings. The van der Waals surface area contributed by atoms with E-state index in [0.29, 0.717) is 11.3 Å². The number of hydrogen-bond acceptors (Lipinski definition) is 3. The molecule has 3 aromatic rings. The van der Waals surface area contributed by atoms with E-state index < -0.39 is 10.0 Å². The van der Waals surface area contributed by atoms with E-state index in [9.17, 15) is 17.6 Å². The lowest BCUT2D eigenvalue weighted by Crippen LogP contribution is -2.26. The Morgan fingerprint density at radius 1 is 0.893 bits per heavy atom. The molecule has 0 fully saturated rings. The van der Waals surface area contributed by atoms with Gasteiger partial charge in [-0.05, 0) is 61.0 Å². The fraction of sp³-hybridized carbons (Fsp3) is 0.0952. The third kappa shape index (κ3) is 4.75. The van der Waals surface area contributed by atoms with E-state index in [1.54, 1.807) is 37.3 Å². The van der Waals surface area contributed by atoms with Gasteiger partial charge < -0.3 is 5.32 Å². The predicted molar refractivity (Wildman–Crippen MR) is 106 cm³/mol. The van der Waals surface area contributed by atoms with Gasteiger partial charge >= 0.3 is 0 Å².